The lowest BCUT2D eigenvalue weighted by atomic mass is 9.97. The number of nitrogens with zero attached hydrogens (tertiary/aromatic N) is 4. The first kappa shape index (κ1) is 17.3. The van der Waals surface area contributed by atoms with Gasteiger partial charge in [-0.15, -0.1) is 10.2 Å². The molecule has 0 bridgehead atoms. The van der Waals surface area contributed by atoms with Crippen LogP contribution in [0.5, 0.6) is 0 Å². The molecule has 1 amide bonds. The zero-order chi connectivity index (χ0) is 17.3. The molecule has 11 heteroatoms. The normalized spacial score (nSPS) is 14.5. The minimum atomic E-state index is -5.07. The van der Waals surface area contributed by atoms with E-state index in [4.69, 9.17) is 0 Å². The van der Waals surface area contributed by atoms with Gasteiger partial charge in [-0.3, -0.25) is 4.79 Å². The van der Waals surface area contributed by atoms with Crippen molar-refractivity contribution in [3.8, 4) is 0 Å². The van der Waals surface area contributed by atoms with E-state index < -0.39 is 29.9 Å². The van der Waals surface area contributed by atoms with Crippen molar-refractivity contribution in [2.75, 3.05) is 5.32 Å². The summed E-state index contributed by atoms with van der Waals surface area (Å²) in [5.41, 5.74) is -3.40. The number of hydrogen-bond donors (Lipinski definition) is 2. The van der Waals surface area contributed by atoms with Crippen molar-refractivity contribution in [2.24, 2.45) is 7.05 Å². The third kappa shape index (κ3) is 3.50. The maximum Gasteiger partial charge on any atom is 0.425 e. The summed E-state index contributed by atoms with van der Waals surface area (Å²) in [7, 11) is 1.30. The molecule has 23 heavy (non-hydrogen) atoms. The first-order valence-corrected chi connectivity index (χ1v) is 7.38. The number of anilines is 1. The molecule has 126 valence electrons. The third-order valence-corrected chi connectivity index (χ3v) is 4.08. The molecule has 0 aliphatic heterocycles. The minimum absolute atomic E-state index is 0.0798. The molecule has 0 fully saturated rings. The summed E-state index contributed by atoms with van der Waals surface area (Å²) in [6.45, 7) is 1.83. The topological polar surface area (TPSA) is 92.9 Å². The van der Waals surface area contributed by atoms with Gasteiger partial charge in [-0.1, -0.05) is 18.3 Å². The van der Waals surface area contributed by atoms with Crippen LogP contribution >= 0.6 is 11.3 Å². The molecule has 1 unspecified atom stereocenters. The van der Waals surface area contributed by atoms with Crippen LogP contribution in [-0.2, 0) is 23.9 Å². The molecule has 0 spiro atoms. The molecule has 2 aromatic rings. The van der Waals surface area contributed by atoms with E-state index in [2.05, 4.69) is 20.5 Å². The van der Waals surface area contributed by atoms with E-state index in [1.54, 1.807) is 0 Å². The Morgan fingerprint density at radius 3 is 2.61 bits per heavy atom. The molecule has 2 N–H and O–H groups in total. The Balaban J connectivity index is 2.21. The quantitative estimate of drug-likeness (QED) is 0.856. The van der Waals surface area contributed by atoms with E-state index >= 15 is 0 Å². The van der Waals surface area contributed by atoms with Crippen LogP contribution in [0.25, 0.3) is 0 Å². The number of imidazole rings is 1. The van der Waals surface area contributed by atoms with Crippen molar-refractivity contribution in [1.29, 1.82) is 0 Å². The van der Waals surface area contributed by atoms with Gasteiger partial charge in [0, 0.05) is 19.4 Å². The Hall–Kier alpha value is -2.01. The number of hydrogen-bond acceptors (Lipinski definition) is 6. The maximum absolute atomic E-state index is 13.3. The van der Waals surface area contributed by atoms with Crippen LogP contribution in [0.2, 0.25) is 0 Å². The van der Waals surface area contributed by atoms with Gasteiger partial charge in [0.15, 0.2) is 5.82 Å². The molecule has 2 aromatic heterocycles. The van der Waals surface area contributed by atoms with Crippen molar-refractivity contribution in [3.63, 3.8) is 0 Å². The monoisotopic (exact) mass is 349 g/mol. The second-order valence-electron chi connectivity index (χ2n) is 4.80. The number of amides is 1. The number of rotatable bonds is 5. The molecule has 0 aromatic carbocycles. The Labute approximate surface area is 133 Å². The van der Waals surface area contributed by atoms with Crippen LogP contribution in [0, 0.1) is 0 Å². The number of carbonyl (C=O) groups is 1. The Morgan fingerprint density at radius 1 is 1.43 bits per heavy atom. The highest BCUT2D eigenvalue weighted by atomic mass is 32.1. The van der Waals surface area contributed by atoms with Crippen molar-refractivity contribution in [2.45, 2.75) is 31.5 Å². The van der Waals surface area contributed by atoms with Gasteiger partial charge in [0.05, 0.1) is 6.42 Å². The summed E-state index contributed by atoms with van der Waals surface area (Å²) < 4.78 is 40.9. The highest BCUT2D eigenvalue weighted by Crippen LogP contribution is 2.40. The molecular weight excluding hydrogens is 335 g/mol. The number of aliphatic hydroxyl groups is 1. The fourth-order valence-corrected chi connectivity index (χ4v) is 2.61. The van der Waals surface area contributed by atoms with Gasteiger partial charge in [0.2, 0.25) is 16.6 Å². The summed E-state index contributed by atoms with van der Waals surface area (Å²) in [4.78, 5) is 15.4. The average Bonchev–Trinajstić information content (AvgIpc) is 3.06. The number of halogens is 3. The predicted octanol–water partition coefficient (Wildman–Crippen LogP) is 1.61. The lowest BCUT2D eigenvalue weighted by Crippen LogP contribution is -2.46. The van der Waals surface area contributed by atoms with Gasteiger partial charge >= 0.3 is 6.18 Å². The maximum atomic E-state index is 13.3. The van der Waals surface area contributed by atoms with Crippen LogP contribution in [0.1, 0.15) is 24.2 Å². The summed E-state index contributed by atoms with van der Waals surface area (Å²) >= 11 is 1.06. The second kappa shape index (κ2) is 6.24. The molecular formula is C12H14F3N5O2S. The zero-order valence-corrected chi connectivity index (χ0v) is 13.1. The van der Waals surface area contributed by atoms with Crippen LogP contribution in [-0.4, -0.2) is 36.9 Å². The van der Waals surface area contributed by atoms with Gasteiger partial charge in [0.25, 0.3) is 0 Å². The fourth-order valence-electron chi connectivity index (χ4n) is 1.91. The SMILES string of the molecule is CCc1nnc(NC(=O)CC(O)(c2nccn2C)C(F)(F)F)s1. The highest BCUT2D eigenvalue weighted by Gasteiger charge is 2.58. The van der Waals surface area contributed by atoms with E-state index in [-0.39, 0.29) is 5.13 Å². The largest absolute Gasteiger partial charge is 0.425 e. The fraction of sp³-hybridized carbons (Fsp3) is 0.500. The van der Waals surface area contributed by atoms with Crippen LogP contribution in [0.4, 0.5) is 18.3 Å². The number of nitrogens with one attached hydrogen (secondary N) is 1. The van der Waals surface area contributed by atoms with E-state index in [0.717, 1.165) is 22.1 Å². The smallest absolute Gasteiger partial charge is 0.374 e. The molecule has 1 atom stereocenters. The molecule has 7 nitrogen and oxygen atoms in total. The summed E-state index contributed by atoms with van der Waals surface area (Å²) in [6.07, 6.45) is -3.35. The zero-order valence-electron chi connectivity index (χ0n) is 12.3. The average molecular weight is 349 g/mol. The van der Waals surface area contributed by atoms with Gasteiger partial charge in [-0.05, 0) is 6.42 Å². The number of aryl methyl sites for hydroxylation is 2. The van der Waals surface area contributed by atoms with Crippen LogP contribution in [0.15, 0.2) is 12.4 Å². The first-order chi connectivity index (χ1) is 10.7. The van der Waals surface area contributed by atoms with E-state index in [9.17, 15) is 23.1 Å². The first-order valence-electron chi connectivity index (χ1n) is 6.56. The molecule has 2 rings (SSSR count). The number of aromatic nitrogens is 4. The highest BCUT2D eigenvalue weighted by molar-refractivity contribution is 7.15. The van der Waals surface area contributed by atoms with Gasteiger partial charge in [-0.25, -0.2) is 4.98 Å². The Kier molecular flexibility index (Phi) is 4.71. The lowest BCUT2D eigenvalue weighted by molar-refractivity contribution is -0.270. The Bertz CT molecular complexity index is 699. The molecule has 2 heterocycles. The Morgan fingerprint density at radius 2 is 2.13 bits per heavy atom. The van der Waals surface area contributed by atoms with Crippen molar-refractivity contribution in [3.05, 3.63) is 23.2 Å². The summed E-state index contributed by atoms with van der Waals surface area (Å²) in [5, 5.41) is 20.4. The minimum Gasteiger partial charge on any atom is -0.374 e. The predicted molar refractivity (Wildman–Crippen MR) is 75.7 cm³/mol. The van der Waals surface area contributed by atoms with E-state index in [0.29, 0.717) is 11.4 Å². The molecule has 0 aliphatic rings. The van der Waals surface area contributed by atoms with Crippen LogP contribution in [0.3, 0.4) is 0 Å². The standard InChI is InChI=1S/C12H14F3N5O2S/c1-3-8-18-19-10(23-8)17-7(21)6-11(22,12(13,14)15)9-16-4-5-20(9)2/h4-5,22H,3,6H2,1-2H3,(H,17,19,21). The summed E-state index contributed by atoms with van der Waals surface area (Å²) in [6, 6.07) is 0. The van der Waals surface area contributed by atoms with E-state index in [1.165, 1.54) is 13.2 Å². The van der Waals surface area contributed by atoms with Gasteiger partial charge in [0.1, 0.15) is 5.01 Å². The van der Waals surface area contributed by atoms with Crippen LogP contribution < -0.4 is 5.32 Å². The number of carbonyl (C=O) groups excluding carboxylic acids is 1. The van der Waals surface area contributed by atoms with Crippen molar-refractivity contribution >= 4 is 22.4 Å². The lowest BCUT2D eigenvalue weighted by Gasteiger charge is -2.29. The second-order valence-corrected chi connectivity index (χ2v) is 5.86. The van der Waals surface area contributed by atoms with Crippen molar-refractivity contribution in [1.82, 2.24) is 19.7 Å². The molecule has 0 saturated heterocycles. The molecule has 0 saturated carbocycles. The van der Waals surface area contributed by atoms with Crippen molar-refractivity contribution < 1.29 is 23.1 Å². The number of alkyl halides is 3. The van der Waals surface area contributed by atoms with E-state index in [1.807, 2.05) is 6.92 Å². The third-order valence-electron chi connectivity index (χ3n) is 3.09. The molecule has 0 aliphatic carbocycles. The molecule has 0 radical (unpaired) electrons. The van der Waals surface area contributed by atoms with Gasteiger partial charge < -0.3 is 15.0 Å². The van der Waals surface area contributed by atoms with Gasteiger partial charge in [-0.2, -0.15) is 13.2 Å². The summed E-state index contributed by atoms with van der Waals surface area (Å²) in [5.74, 6) is -1.70.